The van der Waals surface area contributed by atoms with E-state index >= 15 is 0 Å². The second kappa shape index (κ2) is 8.69. The average molecular weight is 406 g/mol. The van der Waals surface area contributed by atoms with E-state index in [9.17, 15) is 9.90 Å². The molecule has 0 radical (unpaired) electrons. The number of H-pyrrole nitrogens is 1. The van der Waals surface area contributed by atoms with Gasteiger partial charge in [-0.05, 0) is 49.1 Å². The Hall–Kier alpha value is -3.16. The first-order chi connectivity index (χ1) is 14.7. The van der Waals surface area contributed by atoms with Crippen LogP contribution in [0.25, 0.3) is 21.9 Å². The number of nitrogens with zero attached hydrogens (tertiary/aromatic N) is 2. The van der Waals surface area contributed by atoms with Gasteiger partial charge in [0, 0.05) is 24.6 Å². The van der Waals surface area contributed by atoms with Crippen LogP contribution < -0.4 is 16.0 Å². The fourth-order valence-corrected chi connectivity index (χ4v) is 3.96. The number of aromatic nitrogens is 3. The van der Waals surface area contributed by atoms with Crippen LogP contribution in [0.5, 0.6) is 5.75 Å². The summed E-state index contributed by atoms with van der Waals surface area (Å²) in [5.41, 5.74) is 9.16. The molecule has 4 N–H and O–H groups in total. The molecule has 0 aliphatic carbocycles. The van der Waals surface area contributed by atoms with Crippen LogP contribution in [0.15, 0.2) is 53.3 Å². The van der Waals surface area contributed by atoms with E-state index in [4.69, 9.17) is 15.5 Å². The maximum Gasteiger partial charge on any atom is 0.255 e. The third kappa shape index (κ3) is 3.69. The molecule has 0 saturated carbocycles. The minimum absolute atomic E-state index is 0.116. The van der Waals surface area contributed by atoms with Crippen molar-refractivity contribution in [1.29, 1.82) is 0 Å². The molecule has 156 valence electrons. The average Bonchev–Trinajstić information content (AvgIpc) is 3.20. The van der Waals surface area contributed by atoms with Crippen LogP contribution in [0.4, 0.5) is 0 Å². The lowest BCUT2D eigenvalue weighted by Gasteiger charge is -2.21. The third-order valence-electron chi connectivity index (χ3n) is 5.45. The van der Waals surface area contributed by atoms with Crippen molar-refractivity contribution >= 4 is 21.9 Å². The fourth-order valence-electron chi connectivity index (χ4n) is 3.96. The third-order valence-corrected chi connectivity index (χ3v) is 5.45. The number of aliphatic hydroxyl groups is 1. The van der Waals surface area contributed by atoms with Crippen LogP contribution in [0.3, 0.4) is 0 Å². The molecule has 2 aromatic carbocycles. The highest BCUT2D eigenvalue weighted by Gasteiger charge is 2.22. The van der Waals surface area contributed by atoms with E-state index in [1.807, 2.05) is 42.5 Å². The second-order valence-corrected chi connectivity index (χ2v) is 7.35. The predicted molar refractivity (Wildman–Crippen MR) is 118 cm³/mol. The molecule has 0 aliphatic heterocycles. The van der Waals surface area contributed by atoms with Crippen molar-refractivity contribution in [2.24, 2.45) is 5.73 Å². The van der Waals surface area contributed by atoms with Crippen molar-refractivity contribution in [2.75, 3.05) is 13.7 Å². The number of methoxy groups -OCH3 is 1. The normalized spacial score (nSPS) is 12.5. The highest BCUT2D eigenvalue weighted by atomic mass is 16.5. The van der Waals surface area contributed by atoms with Crippen molar-refractivity contribution in [3.05, 3.63) is 70.3 Å². The van der Waals surface area contributed by atoms with Gasteiger partial charge in [0.2, 0.25) is 0 Å². The number of para-hydroxylation sites is 1. The number of pyridine rings is 1. The smallest absolute Gasteiger partial charge is 0.255 e. The van der Waals surface area contributed by atoms with Crippen molar-refractivity contribution in [1.82, 2.24) is 14.5 Å². The zero-order valence-electron chi connectivity index (χ0n) is 17.0. The molecule has 0 aliphatic rings. The second-order valence-electron chi connectivity index (χ2n) is 7.35. The zero-order chi connectivity index (χ0) is 21.1. The number of aromatic amines is 1. The van der Waals surface area contributed by atoms with Gasteiger partial charge >= 0.3 is 0 Å². The molecule has 30 heavy (non-hydrogen) atoms. The Morgan fingerprint density at radius 1 is 1.20 bits per heavy atom. The molecular formula is C23H26N4O3. The molecule has 1 atom stereocenters. The highest BCUT2D eigenvalue weighted by Crippen LogP contribution is 2.30. The first-order valence-electron chi connectivity index (χ1n) is 10.1. The van der Waals surface area contributed by atoms with Gasteiger partial charge in [0.15, 0.2) is 0 Å². The number of hydrogen-bond acceptors (Lipinski definition) is 5. The number of ether oxygens (including phenoxy) is 1. The van der Waals surface area contributed by atoms with Gasteiger partial charge in [0.1, 0.15) is 11.6 Å². The number of aliphatic hydroxyl groups excluding tert-OH is 1. The molecule has 4 aromatic rings. The summed E-state index contributed by atoms with van der Waals surface area (Å²) in [6.45, 7) is 0.567. The van der Waals surface area contributed by atoms with Crippen molar-refractivity contribution in [3.63, 3.8) is 0 Å². The Labute approximate surface area is 174 Å². The molecule has 0 saturated heterocycles. The lowest BCUT2D eigenvalue weighted by molar-refractivity contribution is 0.279. The molecule has 7 nitrogen and oxygen atoms in total. The summed E-state index contributed by atoms with van der Waals surface area (Å²) in [6, 6.07) is 14.8. The van der Waals surface area contributed by atoms with Crippen LogP contribution in [0, 0.1) is 0 Å². The Bertz CT molecular complexity index is 1230. The van der Waals surface area contributed by atoms with Crippen LogP contribution >= 0.6 is 0 Å². The molecule has 2 aromatic heterocycles. The van der Waals surface area contributed by atoms with Crippen LogP contribution in [0.2, 0.25) is 0 Å². The van der Waals surface area contributed by atoms with Gasteiger partial charge in [-0.15, -0.1) is 0 Å². The lowest BCUT2D eigenvalue weighted by Crippen LogP contribution is -2.26. The molecule has 4 rings (SSSR count). The molecule has 2 heterocycles. The number of nitrogens with one attached hydrogen (secondary N) is 1. The Morgan fingerprint density at radius 2 is 2.03 bits per heavy atom. The Balaban J connectivity index is 1.90. The topological polar surface area (TPSA) is 106 Å². The molecule has 0 spiro atoms. The number of rotatable bonds is 8. The summed E-state index contributed by atoms with van der Waals surface area (Å²) in [7, 11) is 1.57. The van der Waals surface area contributed by atoms with Gasteiger partial charge in [-0.3, -0.25) is 9.36 Å². The summed E-state index contributed by atoms with van der Waals surface area (Å²) in [6.07, 6.45) is 2.09. The fraction of sp³-hybridized carbons (Fsp3) is 0.304. The molecular weight excluding hydrogens is 380 g/mol. The van der Waals surface area contributed by atoms with Crippen molar-refractivity contribution in [2.45, 2.75) is 31.8 Å². The predicted octanol–water partition coefficient (Wildman–Crippen LogP) is 3.10. The maximum absolute atomic E-state index is 13.2. The summed E-state index contributed by atoms with van der Waals surface area (Å²) in [5, 5.41) is 10.1. The number of benzene rings is 2. The number of unbranched alkanes of at least 4 members (excludes halogenated alkanes) is 1. The van der Waals surface area contributed by atoms with Crippen LogP contribution in [-0.4, -0.2) is 33.4 Å². The van der Waals surface area contributed by atoms with E-state index < -0.39 is 0 Å². The summed E-state index contributed by atoms with van der Waals surface area (Å²) < 4.78 is 7.21. The van der Waals surface area contributed by atoms with Gasteiger partial charge in [0.25, 0.3) is 5.56 Å². The summed E-state index contributed by atoms with van der Waals surface area (Å²) in [4.78, 5) is 21.3. The standard InChI is InChI=1S/C23H26N4O3/c1-30-21-13-22(29)27(19-7-3-2-6-16(19)21)20(8-4-5-11-28)23-25-17-10-9-15(14-24)12-18(17)26-23/h2-3,6-7,9-10,12-13,20,28H,4-5,8,11,14,24H2,1H3,(H,25,26). The van der Waals surface area contributed by atoms with E-state index in [1.165, 1.54) is 6.07 Å². The SMILES string of the molecule is COc1cc(=O)n(C(CCCCO)c2nc3ccc(CN)cc3[nH]2)c2ccccc12. The highest BCUT2D eigenvalue weighted by molar-refractivity contribution is 5.85. The molecule has 1 unspecified atom stereocenters. The van der Waals surface area contributed by atoms with Gasteiger partial charge in [-0.1, -0.05) is 18.2 Å². The van der Waals surface area contributed by atoms with Crippen LogP contribution in [-0.2, 0) is 6.54 Å². The molecule has 0 fully saturated rings. The largest absolute Gasteiger partial charge is 0.496 e. The Morgan fingerprint density at radius 3 is 2.80 bits per heavy atom. The first kappa shape index (κ1) is 20.1. The number of hydrogen-bond donors (Lipinski definition) is 3. The van der Waals surface area contributed by atoms with Crippen LogP contribution in [0.1, 0.15) is 36.7 Å². The zero-order valence-corrected chi connectivity index (χ0v) is 17.0. The van der Waals surface area contributed by atoms with Gasteiger partial charge in [0.05, 0.1) is 29.7 Å². The number of imidazole rings is 1. The minimum Gasteiger partial charge on any atom is -0.496 e. The maximum atomic E-state index is 13.2. The number of nitrogens with two attached hydrogens (primary N) is 1. The summed E-state index contributed by atoms with van der Waals surface area (Å²) >= 11 is 0. The minimum atomic E-state index is -0.298. The van der Waals surface area contributed by atoms with E-state index in [-0.39, 0.29) is 18.2 Å². The van der Waals surface area contributed by atoms with E-state index in [2.05, 4.69) is 4.98 Å². The van der Waals surface area contributed by atoms with Crippen molar-refractivity contribution in [3.8, 4) is 5.75 Å². The lowest BCUT2D eigenvalue weighted by atomic mass is 10.1. The molecule has 7 heteroatoms. The van der Waals surface area contributed by atoms with Gasteiger partial charge in [-0.25, -0.2) is 4.98 Å². The first-order valence-corrected chi connectivity index (χ1v) is 10.1. The Kier molecular flexibility index (Phi) is 5.83. The van der Waals surface area contributed by atoms with E-state index in [1.54, 1.807) is 11.7 Å². The van der Waals surface area contributed by atoms with Gasteiger partial charge < -0.3 is 20.6 Å². The van der Waals surface area contributed by atoms with Crippen molar-refractivity contribution < 1.29 is 9.84 Å². The van der Waals surface area contributed by atoms with Gasteiger partial charge in [-0.2, -0.15) is 0 Å². The quantitative estimate of drug-likeness (QED) is 0.390. The molecule has 0 bridgehead atoms. The number of fused-ring (bicyclic) bond motifs is 2. The monoisotopic (exact) mass is 406 g/mol. The van der Waals surface area contributed by atoms with E-state index in [0.717, 1.165) is 39.7 Å². The molecule has 0 amide bonds. The summed E-state index contributed by atoms with van der Waals surface area (Å²) in [5.74, 6) is 1.27. The van der Waals surface area contributed by atoms with E-state index in [0.29, 0.717) is 25.1 Å².